The van der Waals surface area contributed by atoms with E-state index in [1.165, 1.54) is 21.9 Å². The number of nitrogens with zero attached hydrogens (tertiary/aromatic N) is 4. The quantitative estimate of drug-likeness (QED) is 0.491. The van der Waals surface area contributed by atoms with Gasteiger partial charge in [-0.25, -0.2) is 0 Å². The van der Waals surface area contributed by atoms with Crippen LogP contribution in [0.5, 0.6) is 11.5 Å². The molecule has 168 valence electrons. The summed E-state index contributed by atoms with van der Waals surface area (Å²) in [4.78, 5) is 28.8. The first kappa shape index (κ1) is 21.9. The summed E-state index contributed by atoms with van der Waals surface area (Å²) in [5.74, 6) is -1.04. The molecule has 2 amide bonds. The molecule has 3 aromatic carbocycles. The number of aryl methyl sites for hydroxylation is 1. The molecule has 4 rings (SSSR count). The van der Waals surface area contributed by atoms with Crippen molar-refractivity contribution < 1.29 is 19.8 Å². The molecule has 1 aromatic heterocycles. The Balaban J connectivity index is 1.78. The fraction of sp³-hybridized carbons (Fsp3) is 0.160. The van der Waals surface area contributed by atoms with Crippen LogP contribution in [-0.4, -0.2) is 50.8 Å². The second-order valence-corrected chi connectivity index (χ2v) is 7.96. The van der Waals surface area contributed by atoms with Gasteiger partial charge in [0, 0.05) is 43.8 Å². The second kappa shape index (κ2) is 8.66. The molecule has 0 radical (unpaired) electrons. The molecule has 0 bridgehead atoms. The number of aromatic hydroxyl groups is 2. The van der Waals surface area contributed by atoms with Crippen LogP contribution in [0.4, 0.5) is 5.69 Å². The lowest BCUT2D eigenvalue weighted by Gasteiger charge is -2.24. The summed E-state index contributed by atoms with van der Waals surface area (Å²) in [7, 11) is 5.20. The molecule has 1 heterocycles. The van der Waals surface area contributed by atoms with Gasteiger partial charge in [0.2, 0.25) is 0 Å². The lowest BCUT2D eigenvalue weighted by molar-refractivity contribution is 0.0827. The highest BCUT2D eigenvalue weighted by molar-refractivity contribution is 6.08. The number of aromatic nitrogens is 2. The molecule has 2 N–H and O–H groups in total. The number of rotatable bonds is 5. The highest BCUT2D eigenvalue weighted by Gasteiger charge is 2.23. The standard InChI is InChI=1S/C25H24N4O4/c1-27(2)24(32)16-7-9-18(10-8-16)29(25(33)20-12-11-19(30)13-23(20)31)15-17-5-4-6-22-21(17)14-26-28(22)3/h4-14,30-31H,15H2,1-3H3. The smallest absolute Gasteiger partial charge is 0.262 e. The number of fused-ring (bicyclic) bond motifs is 1. The van der Waals surface area contributed by atoms with Crippen LogP contribution in [-0.2, 0) is 13.6 Å². The van der Waals surface area contributed by atoms with E-state index >= 15 is 0 Å². The van der Waals surface area contributed by atoms with Gasteiger partial charge in [0.05, 0.1) is 23.8 Å². The van der Waals surface area contributed by atoms with Crippen molar-refractivity contribution in [1.29, 1.82) is 0 Å². The van der Waals surface area contributed by atoms with Gasteiger partial charge >= 0.3 is 0 Å². The summed E-state index contributed by atoms with van der Waals surface area (Å²) in [5.41, 5.74) is 2.92. The van der Waals surface area contributed by atoms with E-state index in [-0.39, 0.29) is 29.5 Å². The van der Waals surface area contributed by atoms with Crippen molar-refractivity contribution in [2.24, 2.45) is 7.05 Å². The third-order valence-electron chi connectivity index (χ3n) is 5.50. The van der Waals surface area contributed by atoms with Gasteiger partial charge in [-0.1, -0.05) is 12.1 Å². The van der Waals surface area contributed by atoms with Gasteiger partial charge in [0.25, 0.3) is 11.8 Å². The van der Waals surface area contributed by atoms with Crippen molar-refractivity contribution in [3.05, 3.63) is 83.6 Å². The molecule has 0 saturated carbocycles. The van der Waals surface area contributed by atoms with Gasteiger partial charge in [-0.15, -0.1) is 0 Å². The Bertz CT molecular complexity index is 1340. The number of hydrogen-bond donors (Lipinski definition) is 2. The first-order valence-corrected chi connectivity index (χ1v) is 10.3. The zero-order valence-electron chi connectivity index (χ0n) is 18.6. The Labute approximate surface area is 190 Å². The first-order valence-electron chi connectivity index (χ1n) is 10.3. The topological polar surface area (TPSA) is 98.9 Å². The SMILES string of the molecule is CN(C)C(=O)c1ccc(N(Cc2cccc3c2cnn3C)C(=O)c2ccc(O)cc2O)cc1. The predicted octanol–water partition coefficient (Wildman–Crippen LogP) is 3.53. The molecule has 0 atom stereocenters. The van der Waals surface area contributed by atoms with Crippen molar-refractivity contribution >= 4 is 28.4 Å². The van der Waals surface area contributed by atoms with Crippen LogP contribution in [0.3, 0.4) is 0 Å². The van der Waals surface area contributed by atoms with Crippen LogP contribution >= 0.6 is 0 Å². The number of anilines is 1. The average molecular weight is 444 g/mol. The molecule has 8 nitrogen and oxygen atoms in total. The lowest BCUT2D eigenvalue weighted by atomic mass is 10.1. The van der Waals surface area contributed by atoms with E-state index in [1.54, 1.807) is 49.2 Å². The van der Waals surface area contributed by atoms with Crippen molar-refractivity contribution in [1.82, 2.24) is 14.7 Å². The van der Waals surface area contributed by atoms with Gasteiger partial charge in [-0.3, -0.25) is 14.3 Å². The molecule has 0 fully saturated rings. The number of carbonyl (C=O) groups is 2. The maximum Gasteiger partial charge on any atom is 0.262 e. The minimum Gasteiger partial charge on any atom is -0.508 e. The van der Waals surface area contributed by atoms with Crippen LogP contribution in [0.1, 0.15) is 26.3 Å². The molecular weight excluding hydrogens is 420 g/mol. The van der Waals surface area contributed by atoms with E-state index in [9.17, 15) is 19.8 Å². The fourth-order valence-corrected chi connectivity index (χ4v) is 3.71. The average Bonchev–Trinajstić information content (AvgIpc) is 3.18. The lowest BCUT2D eigenvalue weighted by Crippen LogP contribution is -2.30. The monoisotopic (exact) mass is 444 g/mol. The first-order chi connectivity index (χ1) is 15.8. The molecule has 0 unspecified atom stereocenters. The minimum atomic E-state index is -0.444. The summed E-state index contributed by atoms with van der Waals surface area (Å²) in [5, 5.41) is 25.2. The van der Waals surface area contributed by atoms with E-state index in [2.05, 4.69) is 5.10 Å². The highest BCUT2D eigenvalue weighted by Crippen LogP contribution is 2.29. The van der Waals surface area contributed by atoms with Crippen molar-refractivity contribution in [3.8, 4) is 11.5 Å². The van der Waals surface area contributed by atoms with Gasteiger partial charge in [-0.05, 0) is 48.0 Å². The van der Waals surface area contributed by atoms with E-state index in [0.29, 0.717) is 11.3 Å². The second-order valence-electron chi connectivity index (χ2n) is 7.96. The molecule has 0 spiro atoms. The third-order valence-corrected chi connectivity index (χ3v) is 5.50. The molecule has 4 aromatic rings. The maximum absolute atomic E-state index is 13.5. The Morgan fingerprint density at radius 3 is 2.36 bits per heavy atom. The summed E-state index contributed by atoms with van der Waals surface area (Å²) in [6, 6.07) is 16.4. The molecule has 0 aliphatic carbocycles. The molecular formula is C25H24N4O4. The number of amides is 2. The van der Waals surface area contributed by atoms with Crippen LogP contribution in [0.15, 0.2) is 66.9 Å². The van der Waals surface area contributed by atoms with Crippen molar-refractivity contribution in [2.45, 2.75) is 6.54 Å². The number of carbonyl (C=O) groups excluding carboxylic acids is 2. The van der Waals surface area contributed by atoms with E-state index in [0.717, 1.165) is 22.5 Å². The van der Waals surface area contributed by atoms with Gasteiger partial charge < -0.3 is 20.0 Å². The number of phenolic OH excluding ortho intramolecular Hbond substituents is 2. The molecule has 0 aliphatic rings. The number of phenols is 2. The van der Waals surface area contributed by atoms with Crippen LogP contribution in [0, 0.1) is 0 Å². The maximum atomic E-state index is 13.5. The van der Waals surface area contributed by atoms with E-state index in [1.807, 2.05) is 25.2 Å². The Morgan fingerprint density at radius 1 is 0.970 bits per heavy atom. The molecule has 0 saturated heterocycles. The summed E-state index contributed by atoms with van der Waals surface area (Å²) in [6.07, 6.45) is 1.75. The zero-order chi connectivity index (χ0) is 23.7. The summed E-state index contributed by atoms with van der Waals surface area (Å²) in [6.45, 7) is 0.211. The van der Waals surface area contributed by atoms with Crippen LogP contribution in [0.2, 0.25) is 0 Å². The largest absolute Gasteiger partial charge is 0.508 e. The third kappa shape index (κ3) is 4.23. The van der Waals surface area contributed by atoms with Gasteiger partial charge in [0.15, 0.2) is 0 Å². The Morgan fingerprint density at radius 2 is 1.70 bits per heavy atom. The Kier molecular flexibility index (Phi) is 5.74. The fourth-order valence-electron chi connectivity index (χ4n) is 3.71. The van der Waals surface area contributed by atoms with Crippen LogP contribution < -0.4 is 4.90 Å². The molecule has 0 aliphatic heterocycles. The van der Waals surface area contributed by atoms with E-state index in [4.69, 9.17) is 0 Å². The number of benzene rings is 3. The summed E-state index contributed by atoms with van der Waals surface area (Å²) >= 11 is 0. The highest BCUT2D eigenvalue weighted by atomic mass is 16.3. The van der Waals surface area contributed by atoms with Crippen LogP contribution in [0.25, 0.3) is 10.9 Å². The minimum absolute atomic E-state index is 0.0552. The predicted molar refractivity (Wildman–Crippen MR) is 125 cm³/mol. The van der Waals surface area contributed by atoms with Gasteiger partial charge in [0.1, 0.15) is 11.5 Å². The molecule has 33 heavy (non-hydrogen) atoms. The van der Waals surface area contributed by atoms with Crippen molar-refractivity contribution in [3.63, 3.8) is 0 Å². The normalized spacial score (nSPS) is 10.9. The zero-order valence-corrected chi connectivity index (χ0v) is 18.6. The summed E-state index contributed by atoms with van der Waals surface area (Å²) < 4.78 is 1.76. The number of hydrogen-bond acceptors (Lipinski definition) is 5. The Hall–Kier alpha value is -4.33. The van der Waals surface area contributed by atoms with E-state index < -0.39 is 5.91 Å². The van der Waals surface area contributed by atoms with Crippen molar-refractivity contribution in [2.75, 3.05) is 19.0 Å². The van der Waals surface area contributed by atoms with Gasteiger partial charge in [-0.2, -0.15) is 5.10 Å². The molecule has 8 heteroatoms.